The minimum Gasteiger partial charge on any atom is -0.489 e. The summed E-state index contributed by atoms with van der Waals surface area (Å²) in [5, 5.41) is 18.1. The average molecular weight is 575 g/mol. The third kappa shape index (κ3) is 5.80. The number of aliphatic hydroxyl groups is 1. The summed E-state index contributed by atoms with van der Waals surface area (Å²) in [5.41, 5.74) is 8.57. The summed E-state index contributed by atoms with van der Waals surface area (Å²) < 4.78 is 43.6. The van der Waals surface area contributed by atoms with Crippen LogP contribution in [0.3, 0.4) is 0 Å². The second kappa shape index (κ2) is 12.3. The molecule has 5 rings (SSSR count). The molecule has 0 spiro atoms. The van der Waals surface area contributed by atoms with Crippen molar-refractivity contribution in [1.29, 1.82) is 0 Å². The zero-order valence-electron chi connectivity index (χ0n) is 22.6. The molecule has 41 heavy (non-hydrogen) atoms. The van der Waals surface area contributed by atoms with E-state index in [1.165, 1.54) is 0 Å². The number of nitrogens with two attached hydrogens (primary N) is 2. The highest BCUT2D eigenvalue weighted by Crippen LogP contribution is 2.52. The van der Waals surface area contributed by atoms with Gasteiger partial charge >= 0.3 is 0 Å². The highest BCUT2D eigenvalue weighted by Gasteiger charge is 2.57. The minimum absolute atomic E-state index is 0.0146. The maximum absolute atomic E-state index is 14.1. The van der Waals surface area contributed by atoms with Gasteiger partial charge in [-0.15, -0.1) is 0 Å². The molecule has 0 bridgehead atoms. The number of rotatable bonds is 12. The van der Waals surface area contributed by atoms with Gasteiger partial charge in [0.2, 0.25) is 16.8 Å². The Kier molecular flexibility index (Phi) is 8.60. The van der Waals surface area contributed by atoms with Gasteiger partial charge in [0.25, 0.3) is 0 Å². The van der Waals surface area contributed by atoms with Crippen molar-refractivity contribution in [1.82, 2.24) is 0 Å². The number of aliphatic hydroxyl groups excluding tert-OH is 1. The highest BCUT2D eigenvalue weighted by molar-refractivity contribution is 7.90. The third-order valence-corrected chi connectivity index (χ3v) is 9.27. The van der Waals surface area contributed by atoms with E-state index in [1.54, 1.807) is 42.5 Å². The number of hydrogen-bond acceptors (Lipinski definition) is 7. The Hall–Kier alpha value is -3.89. The Morgan fingerprint density at radius 1 is 0.854 bits per heavy atom. The highest BCUT2D eigenvalue weighted by atomic mass is 32.2. The Balaban J connectivity index is 1.74. The van der Waals surface area contributed by atoms with Gasteiger partial charge in [0.1, 0.15) is 17.1 Å². The van der Waals surface area contributed by atoms with Crippen LogP contribution in [-0.2, 0) is 27.8 Å². The van der Waals surface area contributed by atoms with E-state index in [4.69, 9.17) is 25.1 Å². The number of fused-ring (bicyclic) bond motifs is 1. The quantitative estimate of drug-likeness (QED) is 0.231. The Bertz CT molecular complexity index is 1570. The Labute approximate surface area is 240 Å². The van der Waals surface area contributed by atoms with Gasteiger partial charge in [-0.05, 0) is 54.3 Å². The van der Waals surface area contributed by atoms with Crippen LogP contribution >= 0.6 is 0 Å². The standard InChI is InChI=1S/C32H34N2O6S/c33-18-17-31(35)32(41(34,36)37,26-13-7-8-14-28(26)38-21-24-11-5-2-6-12-24)27(19-23-9-3-1-4-10-23)25-15-16-29-30(20-25)40-22-39-29/h1-16,20,27,31,35H,17-19,21-22,33H2,(H2,34,36,37). The lowest BCUT2D eigenvalue weighted by Gasteiger charge is -2.43. The van der Waals surface area contributed by atoms with Gasteiger partial charge in [0.05, 0.1) is 6.10 Å². The van der Waals surface area contributed by atoms with Crippen LogP contribution in [0.25, 0.3) is 0 Å². The SMILES string of the molecule is NCCC(O)C(c1ccccc1OCc1ccccc1)(C(Cc1ccccc1)c1ccc2c(c1)OCO2)S(N)(=O)=O. The molecule has 4 aromatic rings. The molecule has 9 heteroatoms. The van der Waals surface area contributed by atoms with Gasteiger partial charge in [-0.3, -0.25) is 0 Å². The van der Waals surface area contributed by atoms with Gasteiger partial charge in [0.15, 0.2) is 11.5 Å². The van der Waals surface area contributed by atoms with Crippen LogP contribution in [0.5, 0.6) is 17.2 Å². The van der Waals surface area contributed by atoms with E-state index >= 15 is 0 Å². The number of hydrogen-bond donors (Lipinski definition) is 3. The van der Waals surface area contributed by atoms with Gasteiger partial charge in [-0.25, -0.2) is 13.6 Å². The van der Waals surface area contributed by atoms with Gasteiger partial charge in [0, 0.05) is 11.5 Å². The summed E-state index contributed by atoms with van der Waals surface area (Å²) in [7, 11) is -4.55. The fourth-order valence-electron chi connectivity index (χ4n) is 5.66. The molecule has 1 aliphatic rings. The molecule has 0 fully saturated rings. The molecule has 4 aromatic carbocycles. The predicted octanol–water partition coefficient (Wildman–Crippen LogP) is 4.21. The molecule has 0 radical (unpaired) electrons. The number of primary sulfonamides is 1. The molecule has 1 heterocycles. The minimum atomic E-state index is -4.55. The van der Waals surface area contributed by atoms with E-state index in [2.05, 4.69) is 0 Å². The summed E-state index contributed by atoms with van der Waals surface area (Å²) in [6.45, 7) is 0.304. The largest absolute Gasteiger partial charge is 0.489 e. The molecule has 3 atom stereocenters. The molecule has 0 amide bonds. The lowest BCUT2D eigenvalue weighted by Crippen LogP contribution is -2.55. The lowest BCUT2D eigenvalue weighted by molar-refractivity contribution is 0.0974. The monoisotopic (exact) mass is 574 g/mol. The number of para-hydroxylation sites is 1. The van der Waals surface area contributed by atoms with E-state index in [0.717, 1.165) is 11.1 Å². The fraction of sp³-hybridized carbons (Fsp3) is 0.250. The van der Waals surface area contributed by atoms with E-state index in [1.807, 2.05) is 60.7 Å². The van der Waals surface area contributed by atoms with Crippen LogP contribution in [0, 0.1) is 0 Å². The van der Waals surface area contributed by atoms with Crippen molar-refractivity contribution in [2.75, 3.05) is 13.3 Å². The second-order valence-corrected chi connectivity index (χ2v) is 11.8. The first-order chi connectivity index (χ1) is 19.8. The predicted molar refractivity (Wildman–Crippen MR) is 157 cm³/mol. The van der Waals surface area contributed by atoms with E-state index < -0.39 is 26.8 Å². The second-order valence-electron chi connectivity index (χ2n) is 10.1. The van der Waals surface area contributed by atoms with E-state index in [-0.39, 0.29) is 38.3 Å². The summed E-state index contributed by atoms with van der Waals surface area (Å²) in [5.74, 6) is 0.492. The normalized spacial score (nSPS) is 15.6. The molecular formula is C32H34N2O6S. The molecule has 0 aliphatic carbocycles. The summed E-state index contributed by atoms with van der Waals surface area (Å²) in [4.78, 5) is 0. The summed E-state index contributed by atoms with van der Waals surface area (Å²) >= 11 is 0. The van der Waals surface area contributed by atoms with Gasteiger partial charge in [-0.1, -0.05) is 84.9 Å². The molecule has 5 N–H and O–H groups in total. The molecule has 214 valence electrons. The van der Waals surface area contributed by atoms with Crippen molar-refractivity contribution in [2.24, 2.45) is 10.9 Å². The van der Waals surface area contributed by atoms with Gasteiger partial charge < -0.3 is 25.1 Å². The number of ether oxygens (including phenoxy) is 3. The van der Waals surface area contributed by atoms with E-state index in [0.29, 0.717) is 22.8 Å². The Morgan fingerprint density at radius 2 is 1.49 bits per heavy atom. The fourth-order valence-corrected chi connectivity index (χ4v) is 7.25. The number of benzene rings is 4. The smallest absolute Gasteiger partial charge is 0.231 e. The van der Waals surface area contributed by atoms with Crippen LogP contribution in [-0.4, -0.2) is 33.0 Å². The van der Waals surface area contributed by atoms with E-state index in [9.17, 15) is 13.5 Å². The van der Waals surface area contributed by atoms with Crippen molar-refractivity contribution < 1.29 is 27.7 Å². The van der Waals surface area contributed by atoms with Crippen molar-refractivity contribution in [3.05, 3.63) is 125 Å². The molecule has 0 saturated heterocycles. The summed E-state index contributed by atoms with van der Waals surface area (Å²) in [6, 6.07) is 31.2. The van der Waals surface area contributed by atoms with Crippen LogP contribution in [0.4, 0.5) is 0 Å². The first kappa shape index (κ1) is 28.6. The molecule has 0 aromatic heterocycles. The van der Waals surface area contributed by atoms with Crippen molar-refractivity contribution in [3.63, 3.8) is 0 Å². The van der Waals surface area contributed by atoms with Crippen molar-refractivity contribution in [3.8, 4) is 17.2 Å². The van der Waals surface area contributed by atoms with Crippen LogP contribution < -0.4 is 25.1 Å². The van der Waals surface area contributed by atoms with Gasteiger partial charge in [-0.2, -0.15) is 0 Å². The first-order valence-corrected chi connectivity index (χ1v) is 15.0. The van der Waals surface area contributed by atoms with Crippen LogP contribution in [0.15, 0.2) is 103 Å². The lowest BCUT2D eigenvalue weighted by atomic mass is 9.73. The summed E-state index contributed by atoms with van der Waals surface area (Å²) in [6.07, 6.45) is -1.24. The van der Waals surface area contributed by atoms with Crippen LogP contribution in [0.2, 0.25) is 0 Å². The van der Waals surface area contributed by atoms with Crippen molar-refractivity contribution in [2.45, 2.75) is 36.2 Å². The molecule has 8 nitrogen and oxygen atoms in total. The number of sulfonamides is 1. The molecule has 3 unspecified atom stereocenters. The zero-order valence-corrected chi connectivity index (χ0v) is 23.4. The first-order valence-electron chi connectivity index (χ1n) is 13.4. The topological polar surface area (TPSA) is 134 Å². The Morgan fingerprint density at radius 3 is 2.17 bits per heavy atom. The maximum atomic E-state index is 14.1. The molecular weight excluding hydrogens is 540 g/mol. The average Bonchev–Trinajstić information content (AvgIpc) is 3.45. The third-order valence-electron chi connectivity index (χ3n) is 7.55. The molecule has 1 aliphatic heterocycles. The maximum Gasteiger partial charge on any atom is 0.231 e. The zero-order chi connectivity index (χ0) is 28.9. The van der Waals surface area contributed by atoms with Crippen molar-refractivity contribution >= 4 is 10.0 Å². The molecule has 0 saturated carbocycles. The van der Waals surface area contributed by atoms with Crippen LogP contribution in [0.1, 0.15) is 34.6 Å².